The van der Waals surface area contributed by atoms with E-state index in [0.717, 1.165) is 33.4 Å². The van der Waals surface area contributed by atoms with E-state index in [1.54, 1.807) is 0 Å². The van der Waals surface area contributed by atoms with Crippen LogP contribution < -0.4 is 5.73 Å². The molecule has 0 aromatic heterocycles. The van der Waals surface area contributed by atoms with Crippen molar-refractivity contribution < 1.29 is 0 Å². The third-order valence-electron chi connectivity index (χ3n) is 11.6. The summed E-state index contributed by atoms with van der Waals surface area (Å²) in [5.74, 6) is 1.02. The second-order valence-corrected chi connectivity index (χ2v) is 15.1. The van der Waals surface area contributed by atoms with Crippen molar-refractivity contribution in [3.05, 3.63) is 263 Å². The van der Waals surface area contributed by atoms with Crippen LogP contribution in [0, 0.1) is 0 Å². The molecule has 9 aromatic rings. The number of fused-ring (bicyclic) bond motifs is 5. The number of nitrogens with two attached hydrogens (primary N) is 1. The molecule has 0 amide bonds. The quantitative estimate of drug-likeness (QED) is 0.122. The van der Waals surface area contributed by atoms with E-state index in [4.69, 9.17) is 15.7 Å². The monoisotopic (exact) mass is 755 g/mol. The summed E-state index contributed by atoms with van der Waals surface area (Å²) >= 11 is 0. The van der Waals surface area contributed by atoms with Crippen molar-refractivity contribution in [1.82, 2.24) is 0 Å². The van der Waals surface area contributed by atoms with Gasteiger partial charge in [0.1, 0.15) is 5.84 Å². The molecular formula is C56H41N3. The number of aliphatic imine (C=N–C) groups is 2. The number of hydrogen-bond acceptors (Lipinski definition) is 1. The molecule has 0 bridgehead atoms. The van der Waals surface area contributed by atoms with Gasteiger partial charge in [0.05, 0.1) is 12.0 Å². The first-order chi connectivity index (χ1) is 29.2. The Morgan fingerprint density at radius 3 is 1.68 bits per heavy atom. The van der Waals surface area contributed by atoms with Gasteiger partial charge in [-0.15, -0.1) is 0 Å². The maximum atomic E-state index is 6.61. The van der Waals surface area contributed by atoms with Crippen molar-refractivity contribution in [2.75, 3.05) is 0 Å². The summed E-state index contributed by atoms with van der Waals surface area (Å²) in [5.41, 5.74) is 21.2. The van der Waals surface area contributed by atoms with Gasteiger partial charge in [-0.3, -0.25) is 4.99 Å². The van der Waals surface area contributed by atoms with Gasteiger partial charge in [-0.1, -0.05) is 206 Å². The summed E-state index contributed by atoms with van der Waals surface area (Å²) in [5, 5.41) is 2.48. The normalized spacial score (nSPS) is 13.2. The lowest BCUT2D eigenvalue weighted by Gasteiger charge is -2.34. The number of rotatable bonds is 8. The van der Waals surface area contributed by atoms with Gasteiger partial charge in [-0.2, -0.15) is 0 Å². The lowest BCUT2D eigenvalue weighted by molar-refractivity contribution is 0.769. The van der Waals surface area contributed by atoms with Crippen LogP contribution in [-0.2, 0) is 12.0 Å². The number of benzene rings is 9. The van der Waals surface area contributed by atoms with E-state index in [0.29, 0.717) is 18.2 Å². The highest BCUT2D eigenvalue weighted by atomic mass is 15.0. The molecule has 0 aliphatic heterocycles. The molecule has 0 atom stereocenters. The summed E-state index contributed by atoms with van der Waals surface area (Å²) in [4.78, 5) is 9.95. The van der Waals surface area contributed by atoms with Gasteiger partial charge in [0.2, 0.25) is 0 Å². The van der Waals surface area contributed by atoms with Crippen LogP contribution in [0.3, 0.4) is 0 Å². The highest BCUT2D eigenvalue weighted by molar-refractivity contribution is 6.12. The van der Waals surface area contributed by atoms with Gasteiger partial charge in [-0.25, -0.2) is 4.99 Å². The molecule has 0 saturated heterocycles. The van der Waals surface area contributed by atoms with Crippen LogP contribution in [0.25, 0.3) is 44.2 Å². The number of amidine groups is 2. The second-order valence-electron chi connectivity index (χ2n) is 15.1. The maximum absolute atomic E-state index is 6.61. The van der Waals surface area contributed by atoms with Gasteiger partial charge in [-0.05, 0) is 90.2 Å². The Labute approximate surface area is 345 Å². The minimum absolute atomic E-state index is 0.428. The summed E-state index contributed by atoms with van der Waals surface area (Å²) < 4.78 is 0. The Morgan fingerprint density at radius 2 is 0.966 bits per heavy atom. The lowest BCUT2D eigenvalue weighted by Crippen LogP contribution is -2.28. The van der Waals surface area contributed by atoms with E-state index < -0.39 is 5.41 Å². The molecule has 3 heteroatoms. The van der Waals surface area contributed by atoms with Crippen LogP contribution in [0.4, 0.5) is 0 Å². The summed E-state index contributed by atoms with van der Waals surface area (Å²) in [7, 11) is 0. The lowest BCUT2D eigenvalue weighted by atomic mass is 9.67. The number of hydrogen-bond donors (Lipinski definition) is 1. The summed E-state index contributed by atoms with van der Waals surface area (Å²) in [6.07, 6.45) is 0. The first-order valence-electron chi connectivity index (χ1n) is 20.1. The third kappa shape index (κ3) is 6.43. The van der Waals surface area contributed by atoms with Crippen molar-refractivity contribution in [2.24, 2.45) is 15.7 Å². The maximum Gasteiger partial charge on any atom is 0.157 e. The smallest absolute Gasteiger partial charge is 0.157 e. The van der Waals surface area contributed by atoms with E-state index in [9.17, 15) is 0 Å². The molecule has 0 saturated carbocycles. The van der Waals surface area contributed by atoms with Crippen LogP contribution in [0.15, 0.2) is 234 Å². The molecule has 280 valence electrons. The average Bonchev–Trinajstić information content (AvgIpc) is 3.62. The molecule has 3 nitrogen and oxygen atoms in total. The zero-order valence-corrected chi connectivity index (χ0v) is 32.5. The van der Waals surface area contributed by atoms with Gasteiger partial charge in [0, 0.05) is 11.1 Å². The fourth-order valence-electron chi connectivity index (χ4n) is 8.97. The van der Waals surface area contributed by atoms with Crippen molar-refractivity contribution in [3.8, 4) is 33.4 Å². The van der Waals surface area contributed by atoms with E-state index in [-0.39, 0.29) is 0 Å². The van der Waals surface area contributed by atoms with Crippen LogP contribution in [0.1, 0.15) is 38.9 Å². The first kappa shape index (κ1) is 35.8. The van der Waals surface area contributed by atoms with Crippen LogP contribution in [0.5, 0.6) is 0 Å². The van der Waals surface area contributed by atoms with E-state index in [1.165, 1.54) is 49.7 Å². The predicted molar refractivity (Wildman–Crippen MR) is 246 cm³/mol. The molecule has 2 N–H and O–H groups in total. The Bertz CT molecular complexity index is 2970. The van der Waals surface area contributed by atoms with Crippen LogP contribution >= 0.6 is 0 Å². The predicted octanol–water partition coefficient (Wildman–Crippen LogP) is 12.9. The third-order valence-corrected chi connectivity index (χ3v) is 11.6. The molecule has 0 unspecified atom stereocenters. The fourth-order valence-corrected chi connectivity index (χ4v) is 8.97. The van der Waals surface area contributed by atoms with Gasteiger partial charge in [0.15, 0.2) is 5.84 Å². The standard InChI is InChI=1S/C56H41N3/c57-54(40-21-7-2-8-22-40)59-55(58-38-39-19-5-1-6-20-39)44-26-18-24-42(36-44)41-23-17-25-43(35-41)50-37-52-53(48-32-14-13-31-47(48)50)49-33-15-16-34-51(49)56(52,45-27-9-3-10-28-45)46-29-11-4-12-30-46/h1-37H,38H2,(H2,57,58,59). The molecular weight excluding hydrogens is 715 g/mol. The topological polar surface area (TPSA) is 50.7 Å². The SMILES string of the molecule is NC(=NC(=NCc1ccccc1)c1cccc(-c2cccc(-c3cc4c(c5ccccc35)-c3ccccc3C4(c3ccccc3)c3ccccc3)c2)c1)c1ccccc1. The summed E-state index contributed by atoms with van der Waals surface area (Å²) in [6.45, 7) is 0.490. The molecule has 1 aliphatic rings. The van der Waals surface area contributed by atoms with E-state index in [2.05, 4.69) is 176 Å². The van der Waals surface area contributed by atoms with E-state index in [1.807, 2.05) is 48.5 Å². The molecule has 0 heterocycles. The molecule has 0 spiro atoms. The fraction of sp³-hybridized carbons (Fsp3) is 0.0357. The zero-order valence-electron chi connectivity index (χ0n) is 32.5. The van der Waals surface area contributed by atoms with Crippen LogP contribution in [-0.4, -0.2) is 11.7 Å². The minimum Gasteiger partial charge on any atom is -0.383 e. The summed E-state index contributed by atoms with van der Waals surface area (Å²) in [6, 6.07) is 79.9. The van der Waals surface area contributed by atoms with Gasteiger partial charge < -0.3 is 5.73 Å². The van der Waals surface area contributed by atoms with Gasteiger partial charge in [0.25, 0.3) is 0 Å². The Morgan fingerprint density at radius 1 is 0.424 bits per heavy atom. The minimum atomic E-state index is -0.503. The molecule has 1 aliphatic carbocycles. The van der Waals surface area contributed by atoms with Crippen molar-refractivity contribution in [1.29, 1.82) is 0 Å². The first-order valence-corrected chi connectivity index (χ1v) is 20.1. The number of nitrogens with zero attached hydrogens (tertiary/aromatic N) is 2. The van der Waals surface area contributed by atoms with Crippen molar-refractivity contribution in [2.45, 2.75) is 12.0 Å². The van der Waals surface area contributed by atoms with Gasteiger partial charge >= 0.3 is 0 Å². The highest BCUT2D eigenvalue weighted by Gasteiger charge is 2.47. The molecule has 9 aromatic carbocycles. The molecule has 59 heavy (non-hydrogen) atoms. The Kier molecular flexibility index (Phi) is 9.32. The molecule has 0 fully saturated rings. The second kappa shape index (κ2) is 15.4. The largest absolute Gasteiger partial charge is 0.383 e. The van der Waals surface area contributed by atoms with Crippen molar-refractivity contribution in [3.63, 3.8) is 0 Å². The Balaban J connectivity index is 1.13. The zero-order chi connectivity index (χ0) is 39.6. The van der Waals surface area contributed by atoms with E-state index >= 15 is 0 Å². The molecule has 0 radical (unpaired) electrons. The highest BCUT2D eigenvalue weighted by Crippen LogP contribution is 2.59. The Hall–Kier alpha value is -7.62. The van der Waals surface area contributed by atoms with Crippen LogP contribution in [0.2, 0.25) is 0 Å². The molecule has 10 rings (SSSR count). The van der Waals surface area contributed by atoms with Crippen molar-refractivity contribution >= 4 is 22.4 Å². The average molecular weight is 756 g/mol.